The zero-order valence-electron chi connectivity index (χ0n) is 7.19. The lowest BCUT2D eigenvalue weighted by atomic mass is 9.96. The summed E-state index contributed by atoms with van der Waals surface area (Å²) in [5, 5.41) is 10.5. The fraction of sp³-hybridized carbons (Fsp3) is 0.444. The second kappa shape index (κ2) is 3.12. The van der Waals surface area contributed by atoms with Crippen LogP contribution in [-0.2, 0) is 12.8 Å². The smallest absolute Gasteiger partial charge is 0.258 e. The van der Waals surface area contributed by atoms with Crippen LogP contribution in [0.4, 0.5) is 5.69 Å². The Labute approximate surface area is 75.8 Å². The highest BCUT2D eigenvalue weighted by atomic mass is 16.6. The van der Waals surface area contributed by atoms with Crippen LogP contribution in [0.5, 0.6) is 0 Å². The molecule has 0 radical (unpaired) electrons. The predicted molar refractivity (Wildman–Crippen MR) is 47.5 cm³/mol. The summed E-state index contributed by atoms with van der Waals surface area (Å²) < 4.78 is 0. The third-order valence-electron chi connectivity index (χ3n) is 2.37. The van der Waals surface area contributed by atoms with Crippen LogP contribution in [0.2, 0.25) is 0 Å². The van der Waals surface area contributed by atoms with E-state index in [2.05, 4.69) is 4.98 Å². The van der Waals surface area contributed by atoms with Gasteiger partial charge in [-0.3, -0.25) is 15.1 Å². The van der Waals surface area contributed by atoms with E-state index in [1.165, 1.54) is 6.20 Å². The van der Waals surface area contributed by atoms with Crippen LogP contribution in [0.15, 0.2) is 12.3 Å². The molecule has 4 nitrogen and oxygen atoms in total. The Morgan fingerprint density at radius 2 is 2.15 bits per heavy atom. The van der Waals surface area contributed by atoms with Gasteiger partial charge in [-0.1, -0.05) is 0 Å². The van der Waals surface area contributed by atoms with Crippen molar-refractivity contribution in [2.75, 3.05) is 0 Å². The van der Waals surface area contributed by atoms with Crippen LogP contribution in [0.1, 0.15) is 24.1 Å². The molecule has 1 aromatic heterocycles. The Morgan fingerprint density at radius 3 is 2.92 bits per heavy atom. The van der Waals surface area contributed by atoms with Gasteiger partial charge in [0.2, 0.25) is 0 Å². The van der Waals surface area contributed by atoms with E-state index in [-0.39, 0.29) is 10.6 Å². The quantitative estimate of drug-likeness (QED) is 0.487. The molecule has 0 saturated heterocycles. The number of aromatic nitrogens is 1. The van der Waals surface area contributed by atoms with Crippen molar-refractivity contribution in [3.8, 4) is 0 Å². The summed E-state index contributed by atoms with van der Waals surface area (Å²) in [7, 11) is 0. The van der Waals surface area contributed by atoms with Gasteiger partial charge in [0.05, 0.1) is 4.92 Å². The van der Waals surface area contributed by atoms with Gasteiger partial charge in [0.1, 0.15) is 6.20 Å². The molecule has 0 saturated carbocycles. The van der Waals surface area contributed by atoms with E-state index in [1.807, 2.05) is 0 Å². The number of fused-ring (bicyclic) bond motifs is 1. The molecule has 13 heavy (non-hydrogen) atoms. The van der Waals surface area contributed by atoms with Crippen LogP contribution in [0.25, 0.3) is 0 Å². The van der Waals surface area contributed by atoms with E-state index in [9.17, 15) is 10.1 Å². The van der Waals surface area contributed by atoms with Crippen LogP contribution in [0.3, 0.4) is 0 Å². The molecule has 1 aliphatic rings. The Balaban J connectivity index is 2.40. The van der Waals surface area contributed by atoms with Gasteiger partial charge in [0, 0.05) is 11.8 Å². The summed E-state index contributed by atoms with van der Waals surface area (Å²) in [6.07, 6.45) is 5.52. The summed E-state index contributed by atoms with van der Waals surface area (Å²) >= 11 is 0. The summed E-state index contributed by atoms with van der Waals surface area (Å²) in [5.41, 5.74) is 2.21. The first-order chi connectivity index (χ1) is 6.27. The van der Waals surface area contributed by atoms with E-state index >= 15 is 0 Å². The Bertz CT molecular complexity index is 349. The monoisotopic (exact) mass is 178 g/mol. The zero-order chi connectivity index (χ0) is 9.26. The maximum atomic E-state index is 10.5. The lowest BCUT2D eigenvalue weighted by Gasteiger charge is -2.12. The van der Waals surface area contributed by atoms with E-state index < -0.39 is 0 Å². The number of aryl methyl sites for hydroxylation is 2. The highest BCUT2D eigenvalue weighted by Gasteiger charge is 2.14. The molecular weight excluding hydrogens is 168 g/mol. The summed E-state index contributed by atoms with van der Waals surface area (Å²) in [4.78, 5) is 14.2. The average molecular weight is 178 g/mol. The minimum Gasteiger partial charge on any atom is -0.258 e. The van der Waals surface area contributed by atoms with Crippen LogP contribution < -0.4 is 0 Å². The first-order valence-corrected chi connectivity index (χ1v) is 4.39. The van der Waals surface area contributed by atoms with Crippen molar-refractivity contribution in [2.45, 2.75) is 25.7 Å². The highest BCUT2D eigenvalue weighted by Crippen LogP contribution is 2.22. The molecule has 68 valence electrons. The molecule has 0 fully saturated rings. The van der Waals surface area contributed by atoms with Crippen molar-refractivity contribution >= 4 is 5.69 Å². The summed E-state index contributed by atoms with van der Waals surface area (Å²) in [6, 6.07) is 1.65. The minimum absolute atomic E-state index is 0.112. The van der Waals surface area contributed by atoms with E-state index in [0.29, 0.717) is 0 Å². The van der Waals surface area contributed by atoms with Crippen molar-refractivity contribution in [2.24, 2.45) is 0 Å². The van der Waals surface area contributed by atoms with Gasteiger partial charge in [-0.25, -0.2) is 0 Å². The van der Waals surface area contributed by atoms with Crippen LogP contribution in [0, 0.1) is 10.1 Å². The third-order valence-corrected chi connectivity index (χ3v) is 2.37. The largest absolute Gasteiger partial charge is 0.287 e. The average Bonchev–Trinajstić information content (AvgIpc) is 2.17. The minimum atomic E-state index is -0.387. The number of rotatable bonds is 1. The Kier molecular flexibility index (Phi) is 1.96. The number of pyridine rings is 1. The van der Waals surface area contributed by atoms with Crippen molar-refractivity contribution < 1.29 is 4.92 Å². The highest BCUT2D eigenvalue weighted by molar-refractivity contribution is 5.35. The maximum Gasteiger partial charge on any atom is 0.287 e. The van der Waals surface area contributed by atoms with Crippen molar-refractivity contribution in [1.29, 1.82) is 0 Å². The maximum absolute atomic E-state index is 10.5. The summed E-state index contributed by atoms with van der Waals surface area (Å²) in [5.74, 6) is 0. The van der Waals surface area contributed by atoms with E-state index in [0.717, 1.165) is 36.9 Å². The standard InChI is InChI=1S/C9H10N2O2/c12-11(13)8-5-7-3-1-2-4-9(7)10-6-8/h5-6H,1-4H2. The molecule has 0 aromatic carbocycles. The molecule has 0 spiro atoms. The van der Waals surface area contributed by atoms with Crippen LogP contribution >= 0.6 is 0 Å². The predicted octanol–water partition coefficient (Wildman–Crippen LogP) is 1.87. The van der Waals surface area contributed by atoms with Gasteiger partial charge in [-0.05, 0) is 31.2 Å². The van der Waals surface area contributed by atoms with Gasteiger partial charge < -0.3 is 0 Å². The molecule has 0 unspecified atom stereocenters. The number of hydrogen-bond acceptors (Lipinski definition) is 3. The summed E-state index contributed by atoms with van der Waals surface area (Å²) in [6.45, 7) is 0. The van der Waals surface area contributed by atoms with Crippen LogP contribution in [-0.4, -0.2) is 9.91 Å². The molecule has 2 rings (SSSR count). The van der Waals surface area contributed by atoms with Gasteiger partial charge >= 0.3 is 0 Å². The van der Waals surface area contributed by atoms with Crippen molar-refractivity contribution in [3.05, 3.63) is 33.6 Å². The first-order valence-electron chi connectivity index (χ1n) is 4.39. The van der Waals surface area contributed by atoms with Gasteiger partial charge in [0.25, 0.3) is 5.69 Å². The number of hydrogen-bond donors (Lipinski definition) is 0. The molecular formula is C9H10N2O2. The zero-order valence-corrected chi connectivity index (χ0v) is 7.19. The molecule has 4 heteroatoms. The molecule has 0 N–H and O–H groups in total. The first kappa shape index (κ1) is 8.16. The molecule has 0 aliphatic heterocycles. The van der Waals surface area contributed by atoms with E-state index in [1.54, 1.807) is 6.07 Å². The number of nitrogens with zero attached hydrogens (tertiary/aromatic N) is 2. The molecule has 0 atom stereocenters. The normalized spacial score (nSPS) is 15.1. The molecule has 1 heterocycles. The molecule has 0 bridgehead atoms. The van der Waals surface area contributed by atoms with Crippen molar-refractivity contribution in [1.82, 2.24) is 4.98 Å². The second-order valence-corrected chi connectivity index (χ2v) is 3.26. The van der Waals surface area contributed by atoms with Gasteiger partial charge in [-0.15, -0.1) is 0 Å². The molecule has 0 amide bonds. The van der Waals surface area contributed by atoms with Crippen molar-refractivity contribution in [3.63, 3.8) is 0 Å². The van der Waals surface area contributed by atoms with E-state index in [4.69, 9.17) is 0 Å². The fourth-order valence-electron chi connectivity index (χ4n) is 1.68. The topological polar surface area (TPSA) is 56.0 Å². The SMILES string of the molecule is O=[N+]([O-])c1cnc2c(c1)CCCC2. The fourth-order valence-corrected chi connectivity index (χ4v) is 1.68. The lowest BCUT2D eigenvalue weighted by Crippen LogP contribution is -2.05. The third kappa shape index (κ3) is 1.52. The molecule has 1 aliphatic carbocycles. The second-order valence-electron chi connectivity index (χ2n) is 3.26. The Hall–Kier alpha value is -1.45. The molecule has 1 aromatic rings. The lowest BCUT2D eigenvalue weighted by molar-refractivity contribution is -0.385. The number of nitro groups is 1. The van der Waals surface area contributed by atoms with Gasteiger partial charge in [0.15, 0.2) is 0 Å². The van der Waals surface area contributed by atoms with Gasteiger partial charge in [-0.2, -0.15) is 0 Å². The Morgan fingerprint density at radius 1 is 1.38 bits per heavy atom.